The van der Waals surface area contributed by atoms with Gasteiger partial charge in [-0.25, -0.2) is 0 Å². The molecule has 0 spiro atoms. The number of aromatic nitrogens is 4. The second-order valence-corrected chi connectivity index (χ2v) is 7.27. The molecule has 0 radical (unpaired) electrons. The summed E-state index contributed by atoms with van der Waals surface area (Å²) in [7, 11) is 0. The lowest BCUT2D eigenvalue weighted by molar-refractivity contribution is -0.126. The predicted octanol–water partition coefficient (Wildman–Crippen LogP) is 1.57. The lowest BCUT2D eigenvalue weighted by Gasteiger charge is -2.12. The first kappa shape index (κ1) is 17.3. The molecule has 1 saturated heterocycles. The van der Waals surface area contributed by atoms with Crippen LogP contribution in [0.1, 0.15) is 17.3 Å². The monoisotopic (exact) mass is 384 g/mol. The predicted molar refractivity (Wildman–Crippen MR) is 96.7 cm³/mol. The van der Waals surface area contributed by atoms with Gasteiger partial charge in [-0.2, -0.15) is 4.98 Å². The number of nitrogens with one attached hydrogen (secondary N) is 1. The molecule has 0 bridgehead atoms. The van der Waals surface area contributed by atoms with E-state index in [2.05, 4.69) is 25.7 Å². The van der Waals surface area contributed by atoms with Gasteiger partial charge in [0.2, 0.25) is 16.9 Å². The summed E-state index contributed by atoms with van der Waals surface area (Å²) in [6.45, 7) is 2.25. The average molecular weight is 384 g/mol. The number of nitrogens with zero attached hydrogens (tertiary/aromatic N) is 5. The summed E-state index contributed by atoms with van der Waals surface area (Å²) in [5, 5.41) is 15.8. The van der Waals surface area contributed by atoms with Crippen LogP contribution in [0.4, 0.5) is 5.13 Å². The summed E-state index contributed by atoms with van der Waals surface area (Å²) in [6, 6.07) is 9.39. The largest absolute Gasteiger partial charge is 0.348 e. The van der Waals surface area contributed by atoms with Crippen molar-refractivity contribution in [1.29, 1.82) is 0 Å². The third-order valence-corrected chi connectivity index (χ3v) is 5.01. The molecule has 4 rings (SSSR count). The Labute approximate surface area is 158 Å². The van der Waals surface area contributed by atoms with E-state index < -0.39 is 5.92 Å². The number of hydrogen-bond donors (Lipinski definition) is 1. The van der Waals surface area contributed by atoms with Crippen LogP contribution in [0.2, 0.25) is 0 Å². The number of amides is 2. The molecule has 9 nitrogen and oxygen atoms in total. The number of benzene rings is 1. The van der Waals surface area contributed by atoms with E-state index in [9.17, 15) is 9.59 Å². The number of anilines is 1. The number of aryl methyl sites for hydroxylation is 1. The molecule has 3 aromatic rings. The highest BCUT2D eigenvalue weighted by Gasteiger charge is 2.36. The summed E-state index contributed by atoms with van der Waals surface area (Å²) in [5.41, 5.74) is 0.812. The van der Waals surface area contributed by atoms with Crippen molar-refractivity contribution in [2.24, 2.45) is 5.92 Å². The fourth-order valence-corrected chi connectivity index (χ4v) is 3.51. The smallest absolute Gasteiger partial charge is 0.257 e. The Bertz CT molecular complexity index is 970. The van der Waals surface area contributed by atoms with E-state index in [4.69, 9.17) is 4.52 Å². The molecular weight excluding hydrogens is 368 g/mol. The third kappa shape index (κ3) is 3.70. The summed E-state index contributed by atoms with van der Waals surface area (Å²) < 4.78 is 5.21. The second kappa shape index (κ2) is 7.23. The van der Waals surface area contributed by atoms with Crippen molar-refractivity contribution in [2.45, 2.75) is 19.9 Å². The van der Waals surface area contributed by atoms with E-state index in [0.717, 1.165) is 10.6 Å². The van der Waals surface area contributed by atoms with E-state index in [1.165, 1.54) is 16.2 Å². The minimum atomic E-state index is -0.442. The van der Waals surface area contributed by atoms with Gasteiger partial charge in [-0.1, -0.05) is 34.7 Å². The maximum absolute atomic E-state index is 12.4. The minimum absolute atomic E-state index is 0.128. The van der Waals surface area contributed by atoms with E-state index in [1.54, 1.807) is 0 Å². The molecule has 1 fully saturated rings. The highest BCUT2D eigenvalue weighted by Crippen LogP contribution is 2.27. The molecule has 10 heteroatoms. The molecule has 1 N–H and O–H groups in total. The summed E-state index contributed by atoms with van der Waals surface area (Å²) in [4.78, 5) is 30.4. The van der Waals surface area contributed by atoms with Crippen LogP contribution in [0.25, 0.3) is 11.5 Å². The number of carbonyl (C=O) groups is 2. The molecule has 1 aliphatic heterocycles. The fraction of sp³-hybridized carbons (Fsp3) is 0.294. The van der Waals surface area contributed by atoms with Crippen LogP contribution in [-0.2, 0) is 16.1 Å². The van der Waals surface area contributed by atoms with E-state index in [0.29, 0.717) is 23.4 Å². The van der Waals surface area contributed by atoms with Gasteiger partial charge in [-0.05, 0) is 19.1 Å². The van der Waals surface area contributed by atoms with E-state index >= 15 is 0 Å². The van der Waals surface area contributed by atoms with Crippen LogP contribution >= 0.6 is 11.3 Å². The summed E-state index contributed by atoms with van der Waals surface area (Å²) in [6.07, 6.45) is 0.145. The van der Waals surface area contributed by atoms with Gasteiger partial charge in [0.15, 0.2) is 5.82 Å². The van der Waals surface area contributed by atoms with E-state index in [-0.39, 0.29) is 24.8 Å². The Morgan fingerprint density at radius 3 is 2.89 bits per heavy atom. The normalized spacial score (nSPS) is 16.7. The Morgan fingerprint density at radius 1 is 1.33 bits per heavy atom. The van der Waals surface area contributed by atoms with Crippen molar-refractivity contribution in [3.8, 4) is 11.5 Å². The van der Waals surface area contributed by atoms with Gasteiger partial charge >= 0.3 is 0 Å². The van der Waals surface area contributed by atoms with Gasteiger partial charge in [0.1, 0.15) is 5.01 Å². The molecule has 1 atom stereocenters. The first-order chi connectivity index (χ1) is 13.1. The number of rotatable bonds is 5. The van der Waals surface area contributed by atoms with Crippen molar-refractivity contribution >= 4 is 28.3 Å². The Hall–Kier alpha value is -3.14. The highest BCUT2D eigenvalue weighted by molar-refractivity contribution is 7.15. The van der Waals surface area contributed by atoms with Crippen LogP contribution in [-0.4, -0.2) is 38.7 Å². The van der Waals surface area contributed by atoms with Crippen LogP contribution in [0.5, 0.6) is 0 Å². The zero-order valence-corrected chi connectivity index (χ0v) is 15.3. The molecule has 138 valence electrons. The van der Waals surface area contributed by atoms with Gasteiger partial charge in [0.25, 0.3) is 5.89 Å². The molecule has 1 aliphatic rings. The van der Waals surface area contributed by atoms with Crippen molar-refractivity contribution in [3.05, 3.63) is 41.2 Å². The molecule has 2 aromatic heterocycles. The maximum Gasteiger partial charge on any atom is 0.257 e. The zero-order valence-electron chi connectivity index (χ0n) is 14.5. The molecule has 27 heavy (non-hydrogen) atoms. The molecule has 1 unspecified atom stereocenters. The maximum atomic E-state index is 12.4. The standard InChI is InChI=1S/C17H16N6O3S/c1-10-20-21-17(27-10)23-9-12(7-14(23)24)15(25)18-8-13-19-16(26-22-13)11-5-3-2-4-6-11/h2-6,12H,7-9H2,1H3,(H,18,25). The van der Waals surface area contributed by atoms with Crippen molar-refractivity contribution in [2.75, 3.05) is 11.4 Å². The molecule has 3 heterocycles. The summed E-state index contributed by atoms with van der Waals surface area (Å²) >= 11 is 1.33. The van der Waals surface area contributed by atoms with E-state index in [1.807, 2.05) is 37.3 Å². The van der Waals surface area contributed by atoms with Gasteiger partial charge in [-0.15, -0.1) is 10.2 Å². The average Bonchev–Trinajstić information content (AvgIpc) is 3.40. The Kier molecular flexibility index (Phi) is 4.63. The number of hydrogen-bond acceptors (Lipinski definition) is 8. The topological polar surface area (TPSA) is 114 Å². The SMILES string of the molecule is Cc1nnc(N2CC(C(=O)NCc3noc(-c4ccccc4)n3)CC2=O)s1. The highest BCUT2D eigenvalue weighted by atomic mass is 32.1. The van der Waals surface area contributed by atoms with Crippen molar-refractivity contribution in [1.82, 2.24) is 25.7 Å². The van der Waals surface area contributed by atoms with Crippen LogP contribution in [0.3, 0.4) is 0 Å². The van der Waals surface area contributed by atoms with Crippen molar-refractivity contribution in [3.63, 3.8) is 0 Å². The Balaban J connectivity index is 1.35. The van der Waals surface area contributed by atoms with Gasteiger partial charge < -0.3 is 9.84 Å². The fourth-order valence-electron chi connectivity index (χ4n) is 2.80. The molecule has 1 aromatic carbocycles. The quantitative estimate of drug-likeness (QED) is 0.710. The van der Waals surface area contributed by atoms with Gasteiger partial charge in [-0.3, -0.25) is 14.5 Å². The van der Waals surface area contributed by atoms with Crippen LogP contribution < -0.4 is 10.2 Å². The third-order valence-electron chi connectivity index (χ3n) is 4.15. The van der Waals surface area contributed by atoms with Crippen molar-refractivity contribution < 1.29 is 14.1 Å². The van der Waals surface area contributed by atoms with Crippen LogP contribution in [0, 0.1) is 12.8 Å². The lowest BCUT2D eigenvalue weighted by atomic mass is 10.1. The number of carbonyl (C=O) groups excluding carboxylic acids is 2. The molecule has 0 saturated carbocycles. The van der Waals surface area contributed by atoms with Crippen LogP contribution in [0.15, 0.2) is 34.9 Å². The molecule has 2 amide bonds. The molecular formula is C17H16N6O3S. The minimum Gasteiger partial charge on any atom is -0.348 e. The van der Waals surface area contributed by atoms with Gasteiger partial charge in [0.05, 0.1) is 12.5 Å². The Morgan fingerprint density at radius 2 is 2.15 bits per heavy atom. The first-order valence-electron chi connectivity index (χ1n) is 8.36. The second-order valence-electron chi connectivity index (χ2n) is 6.11. The zero-order chi connectivity index (χ0) is 18.8. The lowest BCUT2D eigenvalue weighted by Crippen LogP contribution is -2.32. The van der Waals surface area contributed by atoms with Gasteiger partial charge in [0, 0.05) is 18.5 Å². The first-order valence-corrected chi connectivity index (χ1v) is 9.18. The molecule has 0 aliphatic carbocycles. The summed E-state index contributed by atoms with van der Waals surface area (Å²) in [5.74, 6) is -0.0191.